The van der Waals surface area contributed by atoms with Crippen LogP contribution in [0.3, 0.4) is 0 Å². The number of halogens is 1. The van der Waals surface area contributed by atoms with Crippen LogP contribution in [0.25, 0.3) is 0 Å². The lowest BCUT2D eigenvalue weighted by Gasteiger charge is -2.07. The Morgan fingerprint density at radius 3 is 2.94 bits per heavy atom. The third kappa shape index (κ3) is 5.37. The molecule has 0 saturated carbocycles. The van der Waals surface area contributed by atoms with Crippen LogP contribution in [0.5, 0.6) is 0 Å². The monoisotopic (exact) mass is 272 g/mol. The van der Waals surface area contributed by atoms with Crippen LogP contribution in [0.4, 0.5) is 15.8 Å². The summed E-state index contributed by atoms with van der Waals surface area (Å²) in [6, 6.07) is 4.06. The summed E-state index contributed by atoms with van der Waals surface area (Å²) < 4.78 is 13.3. The number of hydrogen-bond donors (Lipinski definition) is 3. The summed E-state index contributed by atoms with van der Waals surface area (Å²) in [5.41, 5.74) is 6.03. The SMILES string of the molecule is Nc1ccc(F)c(NC(=O)CCSCCCO)c1. The van der Waals surface area contributed by atoms with E-state index in [-0.39, 0.29) is 18.2 Å². The average molecular weight is 272 g/mol. The number of hydrogen-bond acceptors (Lipinski definition) is 4. The molecule has 1 aromatic rings. The van der Waals surface area contributed by atoms with Gasteiger partial charge in [-0.2, -0.15) is 11.8 Å². The van der Waals surface area contributed by atoms with Gasteiger partial charge in [-0.05, 0) is 30.4 Å². The first-order valence-corrected chi connectivity index (χ1v) is 6.82. The molecule has 0 aliphatic rings. The fourth-order valence-electron chi connectivity index (χ4n) is 1.28. The normalized spacial score (nSPS) is 10.3. The number of benzene rings is 1. The van der Waals surface area contributed by atoms with Crippen LogP contribution in [0.15, 0.2) is 18.2 Å². The van der Waals surface area contributed by atoms with Gasteiger partial charge in [0.05, 0.1) is 5.69 Å². The molecule has 0 fully saturated rings. The largest absolute Gasteiger partial charge is 0.399 e. The Balaban J connectivity index is 2.33. The second kappa shape index (κ2) is 7.94. The molecule has 0 aromatic heterocycles. The highest BCUT2D eigenvalue weighted by atomic mass is 32.2. The molecule has 100 valence electrons. The first-order valence-electron chi connectivity index (χ1n) is 5.67. The Kier molecular flexibility index (Phi) is 6.53. The molecule has 0 heterocycles. The number of thioether (sulfide) groups is 1. The molecule has 6 heteroatoms. The van der Waals surface area contributed by atoms with Crippen LogP contribution in [-0.2, 0) is 4.79 Å². The number of nitrogen functional groups attached to an aromatic ring is 1. The maximum absolute atomic E-state index is 13.3. The molecular weight excluding hydrogens is 255 g/mol. The van der Waals surface area contributed by atoms with E-state index in [1.165, 1.54) is 18.2 Å². The van der Waals surface area contributed by atoms with Crippen LogP contribution < -0.4 is 11.1 Å². The predicted octanol–water partition coefficient (Wildman–Crippen LogP) is 1.85. The van der Waals surface area contributed by atoms with E-state index in [9.17, 15) is 9.18 Å². The summed E-state index contributed by atoms with van der Waals surface area (Å²) in [6.07, 6.45) is 1.03. The van der Waals surface area contributed by atoms with Crippen molar-refractivity contribution < 1.29 is 14.3 Å². The third-order valence-electron chi connectivity index (χ3n) is 2.18. The van der Waals surface area contributed by atoms with Gasteiger partial charge in [-0.3, -0.25) is 4.79 Å². The third-order valence-corrected chi connectivity index (χ3v) is 3.25. The minimum Gasteiger partial charge on any atom is -0.399 e. The number of carbonyl (C=O) groups is 1. The standard InChI is InChI=1S/C12H17FN2O2S/c13-10-3-2-9(14)8-11(10)15-12(17)4-7-18-6-1-5-16/h2-3,8,16H,1,4-7,14H2,(H,15,17). The van der Waals surface area contributed by atoms with E-state index in [4.69, 9.17) is 10.8 Å². The van der Waals surface area contributed by atoms with Gasteiger partial charge in [0.1, 0.15) is 5.82 Å². The van der Waals surface area contributed by atoms with E-state index in [2.05, 4.69) is 5.32 Å². The van der Waals surface area contributed by atoms with Crippen molar-refractivity contribution in [2.24, 2.45) is 0 Å². The number of aliphatic hydroxyl groups is 1. The lowest BCUT2D eigenvalue weighted by Crippen LogP contribution is -2.13. The van der Waals surface area contributed by atoms with Gasteiger partial charge in [0.15, 0.2) is 0 Å². The highest BCUT2D eigenvalue weighted by molar-refractivity contribution is 7.99. The van der Waals surface area contributed by atoms with Gasteiger partial charge in [0, 0.05) is 24.5 Å². The molecule has 0 radical (unpaired) electrons. The summed E-state index contributed by atoms with van der Waals surface area (Å²) in [5.74, 6) is 0.730. The molecule has 4 N–H and O–H groups in total. The van der Waals surface area contributed by atoms with E-state index < -0.39 is 5.82 Å². The van der Waals surface area contributed by atoms with E-state index in [0.717, 1.165) is 12.2 Å². The molecule has 0 spiro atoms. The van der Waals surface area contributed by atoms with E-state index >= 15 is 0 Å². The Labute approximate surface area is 110 Å². The molecule has 1 rings (SSSR count). The first kappa shape index (κ1) is 14.8. The Morgan fingerprint density at radius 2 is 2.22 bits per heavy atom. The second-order valence-corrected chi connectivity index (χ2v) is 4.95. The number of nitrogens with one attached hydrogen (secondary N) is 1. The van der Waals surface area contributed by atoms with Crippen LogP contribution in [0, 0.1) is 5.82 Å². The van der Waals surface area contributed by atoms with Crippen molar-refractivity contribution in [1.82, 2.24) is 0 Å². The van der Waals surface area contributed by atoms with Crippen LogP contribution in [0.1, 0.15) is 12.8 Å². The van der Waals surface area contributed by atoms with Gasteiger partial charge in [0.25, 0.3) is 0 Å². The molecule has 0 saturated heterocycles. The zero-order valence-electron chi connectivity index (χ0n) is 9.99. The molecule has 0 aliphatic carbocycles. The van der Waals surface area contributed by atoms with Crippen LogP contribution >= 0.6 is 11.8 Å². The molecule has 0 bridgehead atoms. The van der Waals surface area contributed by atoms with Crippen molar-refractivity contribution in [3.05, 3.63) is 24.0 Å². The van der Waals surface area contributed by atoms with Crippen LogP contribution in [0.2, 0.25) is 0 Å². The van der Waals surface area contributed by atoms with Crippen molar-refractivity contribution in [1.29, 1.82) is 0 Å². The maximum atomic E-state index is 13.3. The smallest absolute Gasteiger partial charge is 0.225 e. The quantitative estimate of drug-likeness (QED) is 0.523. The van der Waals surface area contributed by atoms with Crippen molar-refractivity contribution in [2.45, 2.75) is 12.8 Å². The van der Waals surface area contributed by atoms with Crippen molar-refractivity contribution in [2.75, 3.05) is 29.2 Å². The van der Waals surface area contributed by atoms with Gasteiger partial charge in [-0.15, -0.1) is 0 Å². The molecule has 18 heavy (non-hydrogen) atoms. The molecule has 0 aliphatic heterocycles. The zero-order chi connectivity index (χ0) is 13.4. The minimum atomic E-state index is -0.495. The molecule has 0 unspecified atom stereocenters. The predicted molar refractivity (Wildman–Crippen MR) is 73.1 cm³/mol. The number of amides is 1. The van der Waals surface area contributed by atoms with E-state index in [0.29, 0.717) is 17.9 Å². The van der Waals surface area contributed by atoms with Gasteiger partial charge in [-0.25, -0.2) is 4.39 Å². The second-order valence-electron chi connectivity index (χ2n) is 3.73. The van der Waals surface area contributed by atoms with Crippen molar-refractivity contribution >= 4 is 29.0 Å². The highest BCUT2D eigenvalue weighted by Crippen LogP contribution is 2.17. The summed E-state index contributed by atoms with van der Waals surface area (Å²) in [7, 11) is 0. The Hall–Kier alpha value is -1.27. The van der Waals surface area contributed by atoms with E-state index in [1.54, 1.807) is 11.8 Å². The number of nitrogens with two attached hydrogens (primary N) is 1. The molecule has 1 aromatic carbocycles. The minimum absolute atomic E-state index is 0.111. The fraction of sp³-hybridized carbons (Fsp3) is 0.417. The van der Waals surface area contributed by atoms with Crippen molar-refractivity contribution in [3.63, 3.8) is 0 Å². The zero-order valence-corrected chi connectivity index (χ0v) is 10.8. The summed E-state index contributed by atoms with van der Waals surface area (Å²) in [6.45, 7) is 0.160. The molecular formula is C12H17FN2O2S. The maximum Gasteiger partial charge on any atom is 0.225 e. The Morgan fingerprint density at radius 1 is 1.44 bits per heavy atom. The average Bonchev–Trinajstić information content (AvgIpc) is 2.33. The first-order chi connectivity index (χ1) is 8.63. The highest BCUT2D eigenvalue weighted by Gasteiger charge is 2.07. The summed E-state index contributed by atoms with van der Waals surface area (Å²) >= 11 is 1.58. The molecule has 1 amide bonds. The lowest BCUT2D eigenvalue weighted by atomic mass is 10.2. The number of aliphatic hydroxyl groups excluding tert-OH is 1. The Bertz CT molecular complexity index is 402. The molecule has 0 atom stereocenters. The summed E-state index contributed by atoms with van der Waals surface area (Å²) in [5, 5.41) is 11.1. The van der Waals surface area contributed by atoms with E-state index in [1.807, 2.05) is 0 Å². The number of rotatable bonds is 7. The number of carbonyl (C=O) groups excluding carboxylic acids is 1. The lowest BCUT2D eigenvalue weighted by molar-refractivity contribution is -0.115. The van der Waals surface area contributed by atoms with Gasteiger partial charge in [-0.1, -0.05) is 0 Å². The van der Waals surface area contributed by atoms with Crippen LogP contribution in [-0.4, -0.2) is 29.1 Å². The number of anilines is 2. The fourth-order valence-corrected chi connectivity index (χ4v) is 2.15. The molecule has 4 nitrogen and oxygen atoms in total. The van der Waals surface area contributed by atoms with Gasteiger partial charge < -0.3 is 16.2 Å². The van der Waals surface area contributed by atoms with Crippen molar-refractivity contribution in [3.8, 4) is 0 Å². The summed E-state index contributed by atoms with van der Waals surface area (Å²) in [4.78, 5) is 11.5. The van der Waals surface area contributed by atoms with Gasteiger partial charge in [0.2, 0.25) is 5.91 Å². The van der Waals surface area contributed by atoms with Gasteiger partial charge >= 0.3 is 0 Å². The topological polar surface area (TPSA) is 75.3 Å².